The molecular formula is C35H31N5O. The minimum atomic E-state index is -0.0724. The van der Waals surface area contributed by atoms with Crippen LogP contribution < -0.4 is 5.73 Å². The van der Waals surface area contributed by atoms with E-state index in [-0.39, 0.29) is 5.91 Å². The van der Waals surface area contributed by atoms with Crippen LogP contribution in [0, 0.1) is 6.92 Å². The molecule has 6 rings (SSSR count). The number of carbonyl (C=O) groups is 1. The van der Waals surface area contributed by atoms with Crippen molar-refractivity contribution in [2.45, 2.75) is 26.6 Å². The summed E-state index contributed by atoms with van der Waals surface area (Å²) in [6, 6.07) is 39.0. The molecular weight excluding hydrogens is 506 g/mol. The van der Waals surface area contributed by atoms with Crippen molar-refractivity contribution >= 4 is 22.6 Å². The van der Waals surface area contributed by atoms with E-state index in [1.54, 1.807) is 18.0 Å². The lowest BCUT2D eigenvalue weighted by atomic mass is 10.1. The number of aryl methyl sites for hydroxylation is 1. The Hall–Kier alpha value is -5.23. The highest BCUT2D eigenvalue weighted by Crippen LogP contribution is 2.29. The molecule has 6 nitrogen and oxygen atoms in total. The summed E-state index contributed by atoms with van der Waals surface area (Å²) in [7, 11) is 0. The highest BCUT2D eigenvalue weighted by Gasteiger charge is 2.19. The number of nitrogen functional groups attached to an aromatic ring is 1. The zero-order valence-electron chi connectivity index (χ0n) is 22.9. The van der Waals surface area contributed by atoms with Crippen LogP contribution in [0.2, 0.25) is 0 Å². The van der Waals surface area contributed by atoms with Crippen molar-refractivity contribution in [3.8, 4) is 11.3 Å². The molecule has 2 heterocycles. The summed E-state index contributed by atoms with van der Waals surface area (Å²) in [6.07, 6.45) is 1.71. The molecule has 1 amide bonds. The fourth-order valence-electron chi connectivity index (χ4n) is 5.19. The average molecular weight is 538 g/mol. The van der Waals surface area contributed by atoms with Gasteiger partial charge in [-0.05, 0) is 47.9 Å². The Morgan fingerprint density at radius 2 is 1.49 bits per heavy atom. The average Bonchev–Trinajstić information content (AvgIpc) is 3.37. The van der Waals surface area contributed by atoms with Gasteiger partial charge in [0.1, 0.15) is 11.6 Å². The van der Waals surface area contributed by atoms with Crippen LogP contribution in [0.3, 0.4) is 0 Å². The number of hydrogen-bond acceptors (Lipinski definition) is 4. The summed E-state index contributed by atoms with van der Waals surface area (Å²) in [5.41, 5.74) is 13.2. The number of rotatable bonds is 8. The van der Waals surface area contributed by atoms with E-state index in [0.29, 0.717) is 36.8 Å². The van der Waals surface area contributed by atoms with Gasteiger partial charge in [-0.1, -0.05) is 91.0 Å². The van der Waals surface area contributed by atoms with Gasteiger partial charge in [0, 0.05) is 47.0 Å². The summed E-state index contributed by atoms with van der Waals surface area (Å²) < 4.78 is 2.34. The number of nitrogens with zero attached hydrogens (tertiary/aromatic N) is 4. The summed E-state index contributed by atoms with van der Waals surface area (Å²) in [4.78, 5) is 24.2. The Kier molecular flexibility index (Phi) is 7.28. The third-order valence-electron chi connectivity index (χ3n) is 7.30. The van der Waals surface area contributed by atoms with Gasteiger partial charge in [-0.25, -0.2) is 9.97 Å². The van der Waals surface area contributed by atoms with Crippen LogP contribution >= 0.6 is 0 Å². The minimum absolute atomic E-state index is 0.0724. The second kappa shape index (κ2) is 11.5. The Balaban J connectivity index is 1.28. The van der Waals surface area contributed by atoms with E-state index in [2.05, 4.69) is 69.1 Å². The van der Waals surface area contributed by atoms with E-state index >= 15 is 0 Å². The number of amides is 1. The van der Waals surface area contributed by atoms with Crippen LogP contribution in [0.4, 0.5) is 5.82 Å². The fourth-order valence-corrected chi connectivity index (χ4v) is 5.19. The maximum atomic E-state index is 13.8. The molecule has 41 heavy (non-hydrogen) atoms. The largest absolute Gasteiger partial charge is 0.383 e. The zero-order valence-corrected chi connectivity index (χ0v) is 22.9. The Labute approximate surface area is 239 Å². The second-order valence-electron chi connectivity index (χ2n) is 10.2. The van der Waals surface area contributed by atoms with Crippen molar-refractivity contribution in [1.29, 1.82) is 0 Å². The number of carbonyl (C=O) groups excluding carboxylic acids is 1. The maximum Gasteiger partial charge on any atom is 0.254 e. The van der Waals surface area contributed by atoms with Gasteiger partial charge in [0.15, 0.2) is 0 Å². The zero-order chi connectivity index (χ0) is 28.2. The van der Waals surface area contributed by atoms with Gasteiger partial charge in [-0.15, -0.1) is 0 Å². The Bertz CT molecular complexity index is 1790. The molecule has 6 aromatic rings. The van der Waals surface area contributed by atoms with Crippen LogP contribution in [-0.2, 0) is 19.6 Å². The van der Waals surface area contributed by atoms with E-state index in [1.807, 2.05) is 60.7 Å². The molecule has 0 aliphatic carbocycles. The molecule has 2 N–H and O–H groups in total. The van der Waals surface area contributed by atoms with E-state index in [0.717, 1.165) is 16.7 Å². The standard InChI is InChI=1S/C35H31N5O/c1-25-37-21-31(34(36)38-25)24-39(22-26-10-4-2-5-11-26)35(41)29-18-16-27(17-19-29)23-40-32-15-9-8-14-30(32)20-33(40)28-12-6-3-7-13-28/h2-21H,22-24H2,1H3,(H2,36,37,38). The van der Waals surface area contributed by atoms with E-state index in [9.17, 15) is 4.79 Å². The quantitative estimate of drug-likeness (QED) is 0.230. The molecule has 4 aromatic carbocycles. The van der Waals surface area contributed by atoms with Crippen LogP contribution in [-0.4, -0.2) is 25.3 Å². The number of nitrogens with two attached hydrogens (primary N) is 1. The monoisotopic (exact) mass is 537 g/mol. The van der Waals surface area contributed by atoms with Gasteiger partial charge >= 0.3 is 0 Å². The van der Waals surface area contributed by atoms with Gasteiger partial charge in [0.2, 0.25) is 0 Å². The molecule has 0 saturated heterocycles. The van der Waals surface area contributed by atoms with Crippen molar-refractivity contribution in [3.05, 3.63) is 150 Å². The van der Waals surface area contributed by atoms with Crippen LogP contribution in [0.25, 0.3) is 22.2 Å². The van der Waals surface area contributed by atoms with Crippen LogP contribution in [0.15, 0.2) is 121 Å². The molecule has 0 saturated carbocycles. The lowest BCUT2D eigenvalue weighted by Gasteiger charge is -2.24. The number of benzene rings is 4. The number of aromatic nitrogens is 3. The summed E-state index contributed by atoms with van der Waals surface area (Å²) >= 11 is 0. The predicted molar refractivity (Wildman–Crippen MR) is 164 cm³/mol. The summed E-state index contributed by atoms with van der Waals surface area (Å²) in [5.74, 6) is 0.928. The van der Waals surface area contributed by atoms with Crippen molar-refractivity contribution in [2.24, 2.45) is 0 Å². The first-order valence-corrected chi connectivity index (χ1v) is 13.7. The highest BCUT2D eigenvalue weighted by atomic mass is 16.2. The Morgan fingerprint density at radius 3 is 2.22 bits per heavy atom. The topological polar surface area (TPSA) is 77.0 Å². The van der Waals surface area contributed by atoms with Crippen molar-refractivity contribution in [1.82, 2.24) is 19.4 Å². The minimum Gasteiger partial charge on any atom is -0.383 e. The van der Waals surface area contributed by atoms with Gasteiger partial charge in [0.25, 0.3) is 5.91 Å². The van der Waals surface area contributed by atoms with Crippen LogP contribution in [0.1, 0.15) is 32.9 Å². The molecule has 0 aliphatic heterocycles. The molecule has 6 heteroatoms. The molecule has 0 atom stereocenters. The SMILES string of the molecule is Cc1ncc(CN(Cc2ccccc2)C(=O)c2ccc(Cn3c(-c4ccccc4)cc4ccccc43)cc2)c(N)n1. The summed E-state index contributed by atoms with van der Waals surface area (Å²) in [5, 5.41) is 1.20. The molecule has 0 spiro atoms. The number of anilines is 1. The van der Waals surface area contributed by atoms with Crippen molar-refractivity contribution < 1.29 is 4.79 Å². The van der Waals surface area contributed by atoms with Gasteiger partial charge < -0.3 is 15.2 Å². The molecule has 0 aliphatic rings. The normalized spacial score (nSPS) is 11.0. The van der Waals surface area contributed by atoms with E-state index in [1.165, 1.54) is 22.2 Å². The molecule has 2 aromatic heterocycles. The summed E-state index contributed by atoms with van der Waals surface area (Å²) in [6.45, 7) is 3.26. The second-order valence-corrected chi connectivity index (χ2v) is 10.2. The van der Waals surface area contributed by atoms with Crippen molar-refractivity contribution in [2.75, 3.05) is 5.73 Å². The number of para-hydroxylation sites is 1. The lowest BCUT2D eigenvalue weighted by molar-refractivity contribution is 0.0730. The number of fused-ring (bicyclic) bond motifs is 1. The smallest absolute Gasteiger partial charge is 0.254 e. The third-order valence-corrected chi connectivity index (χ3v) is 7.30. The van der Waals surface area contributed by atoms with Crippen LogP contribution in [0.5, 0.6) is 0 Å². The third kappa shape index (κ3) is 5.72. The lowest BCUT2D eigenvalue weighted by Crippen LogP contribution is -2.30. The first kappa shape index (κ1) is 26.0. The first-order valence-electron chi connectivity index (χ1n) is 13.7. The predicted octanol–water partition coefficient (Wildman–Crippen LogP) is 6.88. The molecule has 0 fully saturated rings. The molecule has 0 radical (unpaired) electrons. The molecule has 0 unspecified atom stereocenters. The molecule has 202 valence electrons. The Morgan fingerprint density at radius 1 is 0.805 bits per heavy atom. The first-order chi connectivity index (χ1) is 20.0. The van der Waals surface area contributed by atoms with E-state index in [4.69, 9.17) is 5.73 Å². The fraction of sp³-hybridized carbons (Fsp3) is 0.114. The van der Waals surface area contributed by atoms with Gasteiger partial charge in [0.05, 0.1) is 6.54 Å². The molecule has 0 bridgehead atoms. The highest BCUT2D eigenvalue weighted by molar-refractivity contribution is 5.94. The van der Waals surface area contributed by atoms with Gasteiger partial charge in [-0.3, -0.25) is 4.79 Å². The maximum absolute atomic E-state index is 13.8. The van der Waals surface area contributed by atoms with Gasteiger partial charge in [-0.2, -0.15) is 0 Å². The van der Waals surface area contributed by atoms with Crippen molar-refractivity contribution in [3.63, 3.8) is 0 Å². The number of hydrogen-bond donors (Lipinski definition) is 1. The van der Waals surface area contributed by atoms with E-state index < -0.39 is 0 Å².